The number of likely N-dealkylation sites (tertiary alicyclic amines) is 1. The SMILES string of the molecule is CCNC(=NCc1ccc(NC(=O)c2ccco2)cc1)NC1CN(C(=O)OC(C)(C)C)C1. The Bertz CT molecular complexity index is 926. The largest absolute Gasteiger partial charge is 0.459 e. The van der Waals surface area contributed by atoms with Gasteiger partial charge in [0.05, 0.1) is 18.8 Å². The van der Waals surface area contributed by atoms with Crippen molar-refractivity contribution in [2.24, 2.45) is 4.99 Å². The molecule has 3 N–H and O–H groups in total. The molecule has 0 saturated carbocycles. The second-order valence-corrected chi connectivity index (χ2v) is 8.55. The predicted octanol–water partition coefficient (Wildman–Crippen LogP) is 3.21. The number of anilines is 1. The van der Waals surface area contributed by atoms with Gasteiger partial charge in [-0.15, -0.1) is 0 Å². The quantitative estimate of drug-likeness (QED) is 0.469. The summed E-state index contributed by atoms with van der Waals surface area (Å²) in [5.41, 5.74) is 1.19. The molecular weight excluding hydrogens is 410 g/mol. The number of furan rings is 1. The molecule has 1 aliphatic heterocycles. The maximum Gasteiger partial charge on any atom is 0.410 e. The lowest BCUT2D eigenvalue weighted by Gasteiger charge is -2.40. The Morgan fingerprint density at radius 3 is 2.50 bits per heavy atom. The molecule has 2 heterocycles. The van der Waals surface area contributed by atoms with Gasteiger partial charge in [0.25, 0.3) is 5.91 Å². The van der Waals surface area contributed by atoms with Crippen LogP contribution in [0.15, 0.2) is 52.1 Å². The zero-order valence-electron chi connectivity index (χ0n) is 19.0. The van der Waals surface area contributed by atoms with Gasteiger partial charge in [0.15, 0.2) is 11.7 Å². The monoisotopic (exact) mass is 441 g/mol. The van der Waals surface area contributed by atoms with E-state index in [-0.39, 0.29) is 23.8 Å². The van der Waals surface area contributed by atoms with Crippen molar-refractivity contribution in [1.82, 2.24) is 15.5 Å². The van der Waals surface area contributed by atoms with E-state index in [9.17, 15) is 9.59 Å². The summed E-state index contributed by atoms with van der Waals surface area (Å²) < 4.78 is 10.5. The molecule has 9 heteroatoms. The summed E-state index contributed by atoms with van der Waals surface area (Å²) in [6, 6.07) is 10.9. The number of amides is 2. The maximum absolute atomic E-state index is 12.1. The van der Waals surface area contributed by atoms with Gasteiger partial charge in [0.1, 0.15) is 5.60 Å². The van der Waals surface area contributed by atoms with Crippen molar-refractivity contribution >= 4 is 23.6 Å². The summed E-state index contributed by atoms with van der Waals surface area (Å²) in [5.74, 6) is 0.665. The van der Waals surface area contributed by atoms with Crippen LogP contribution in [0.4, 0.5) is 10.5 Å². The van der Waals surface area contributed by atoms with Crippen molar-refractivity contribution in [1.29, 1.82) is 0 Å². The molecule has 1 aromatic carbocycles. The molecule has 0 bridgehead atoms. The summed E-state index contributed by atoms with van der Waals surface area (Å²) in [6.45, 7) is 9.92. The van der Waals surface area contributed by atoms with Crippen LogP contribution in [-0.4, -0.2) is 54.1 Å². The Balaban J connectivity index is 1.49. The summed E-state index contributed by atoms with van der Waals surface area (Å²) in [5, 5.41) is 9.36. The van der Waals surface area contributed by atoms with Crippen molar-refractivity contribution in [3.63, 3.8) is 0 Å². The molecule has 9 nitrogen and oxygen atoms in total. The molecule has 1 aromatic heterocycles. The van der Waals surface area contributed by atoms with Gasteiger partial charge >= 0.3 is 6.09 Å². The Kier molecular flexibility index (Phi) is 7.40. The van der Waals surface area contributed by atoms with Crippen LogP contribution < -0.4 is 16.0 Å². The Morgan fingerprint density at radius 2 is 1.91 bits per heavy atom. The van der Waals surface area contributed by atoms with Crippen LogP contribution in [0.2, 0.25) is 0 Å². The third-order valence-corrected chi connectivity index (χ3v) is 4.59. The number of hydrogen-bond acceptors (Lipinski definition) is 5. The first-order valence-corrected chi connectivity index (χ1v) is 10.7. The fourth-order valence-corrected chi connectivity index (χ4v) is 3.02. The third-order valence-electron chi connectivity index (χ3n) is 4.59. The molecule has 1 saturated heterocycles. The predicted molar refractivity (Wildman–Crippen MR) is 123 cm³/mol. The minimum absolute atomic E-state index is 0.125. The molecule has 0 aliphatic carbocycles. The Hall–Kier alpha value is -3.49. The number of rotatable bonds is 6. The molecule has 3 rings (SSSR count). The normalized spacial score (nSPS) is 14.5. The van der Waals surface area contributed by atoms with Gasteiger partial charge in [0, 0.05) is 25.3 Å². The number of guanidine groups is 1. The number of benzene rings is 1. The number of carbonyl (C=O) groups is 2. The molecule has 32 heavy (non-hydrogen) atoms. The summed E-state index contributed by atoms with van der Waals surface area (Å²) in [7, 11) is 0. The van der Waals surface area contributed by atoms with E-state index in [4.69, 9.17) is 9.15 Å². The van der Waals surface area contributed by atoms with Crippen molar-refractivity contribution in [2.75, 3.05) is 25.0 Å². The lowest BCUT2D eigenvalue weighted by Crippen LogP contribution is -2.63. The zero-order valence-corrected chi connectivity index (χ0v) is 19.0. The van der Waals surface area contributed by atoms with Gasteiger partial charge in [-0.3, -0.25) is 4.79 Å². The van der Waals surface area contributed by atoms with Crippen LogP contribution in [0.1, 0.15) is 43.8 Å². The first-order valence-electron chi connectivity index (χ1n) is 10.7. The van der Waals surface area contributed by atoms with Gasteiger partial charge in [-0.2, -0.15) is 0 Å². The highest BCUT2D eigenvalue weighted by molar-refractivity contribution is 6.02. The van der Waals surface area contributed by atoms with Gasteiger partial charge in [0.2, 0.25) is 0 Å². The summed E-state index contributed by atoms with van der Waals surface area (Å²) in [6.07, 6.45) is 1.17. The van der Waals surface area contributed by atoms with Crippen LogP contribution in [0.5, 0.6) is 0 Å². The van der Waals surface area contributed by atoms with Crippen LogP contribution in [-0.2, 0) is 11.3 Å². The van der Waals surface area contributed by atoms with E-state index in [0.717, 1.165) is 12.1 Å². The smallest absolute Gasteiger partial charge is 0.410 e. The van der Waals surface area contributed by atoms with Gasteiger partial charge < -0.3 is 30.0 Å². The molecule has 0 spiro atoms. The Morgan fingerprint density at radius 1 is 1.19 bits per heavy atom. The summed E-state index contributed by atoms with van der Waals surface area (Å²) in [4.78, 5) is 30.4. The molecule has 172 valence electrons. The standard InChI is InChI=1S/C23H31N5O4/c1-5-24-21(27-18-14-28(15-18)22(30)32-23(2,3)4)25-13-16-8-10-17(11-9-16)26-20(29)19-7-6-12-31-19/h6-12,18H,5,13-15H2,1-4H3,(H,26,29)(H2,24,25,27). The minimum Gasteiger partial charge on any atom is -0.459 e. The molecule has 0 unspecified atom stereocenters. The van der Waals surface area contributed by atoms with Gasteiger partial charge in [-0.1, -0.05) is 12.1 Å². The first-order chi connectivity index (χ1) is 15.2. The molecule has 2 amide bonds. The van der Waals surface area contributed by atoms with Crippen LogP contribution in [0.25, 0.3) is 0 Å². The van der Waals surface area contributed by atoms with E-state index in [1.165, 1.54) is 6.26 Å². The lowest BCUT2D eigenvalue weighted by molar-refractivity contribution is 0.00700. The average molecular weight is 442 g/mol. The molecule has 0 radical (unpaired) electrons. The van der Waals surface area contributed by atoms with Gasteiger partial charge in [-0.25, -0.2) is 9.79 Å². The average Bonchev–Trinajstić information content (AvgIpc) is 3.23. The molecular formula is C23H31N5O4. The highest BCUT2D eigenvalue weighted by Gasteiger charge is 2.34. The van der Waals surface area contributed by atoms with E-state index >= 15 is 0 Å². The first kappa shape index (κ1) is 23.2. The van der Waals surface area contributed by atoms with Crippen LogP contribution in [0.3, 0.4) is 0 Å². The number of carbonyl (C=O) groups excluding carboxylic acids is 2. The number of nitrogens with one attached hydrogen (secondary N) is 3. The number of ether oxygens (including phenoxy) is 1. The second kappa shape index (κ2) is 10.2. The molecule has 1 aliphatic rings. The van der Waals surface area contributed by atoms with Crippen molar-refractivity contribution in [2.45, 2.75) is 45.9 Å². The number of aliphatic imine (C=N–C) groups is 1. The highest BCUT2D eigenvalue weighted by Crippen LogP contribution is 2.16. The van der Waals surface area contributed by atoms with Crippen LogP contribution >= 0.6 is 0 Å². The minimum atomic E-state index is -0.497. The number of nitrogens with zero attached hydrogens (tertiary/aromatic N) is 2. The van der Waals surface area contributed by atoms with E-state index in [2.05, 4.69) is 20.9 Å². The maximum atomic E-state index is 12.1. The lowest BCUT2D eigenvalue weighted by atomic mass is 10.1. The Labute approximate surface area is 188 Å². The fourth-order valence-electron chi connectivity index (χ4n) is 3.02. The van der Waals surface area contributed by atoms with Crippen molar-refractivity contribution in [3.8, 4) is 0 Å². The number of hydrogen-bond donors (Lipinski definition) is 3. The van der Waals surface area contributed by atoms with Crippen LogP contribution in [0, 0.1) is 0 Å². The van der Waals surface area contributed by atoms with Gasteiger partial charge in [-0.05, 0) is 57.5 Å². The third kappa shape index (κ3) is 6.76. The highest BCUT2D eigenvalue weighted by atomic mass is 16.6. The van der Waals surface area contributed by atoms with E-state index in [0.29, 0.717) is 31.3 Å². The van der Waals surface area contributed by atoms with Crippen molar-refractivity contribution in [3.05, 3.63) is 54.0 Å². The van der Waals surface area contributed by atoms with Crippen molar-refractivity contribution < 1.29 is 18.7 Å². The van der Waals surface area contributed by atoms with E-state index in [1.54, 1.807) is 17.0 Å². The van der Waals surface area contributed by atoms with E-state index < -0.39 is 5.60 Å². The zero-order chi connectivity index (χ0) is 23.1. The van der Waals surface area contributed by atoms with E-state index in [1.807, 2.05) is 52.0 Å². The molecule has 1 fully saturated rings. The fraction of sp³-hybridized carbons (Fsp3) is 0.435. The molecule has 0 atom stereocenters. The topological polar surface area (TPSA) is 108 Å². The summed E-state index contributed by atoms with van der Waals surface area (Å²) >= 11 is 0. The molecule has 2 aromatic rings. The second-order valence-electron chi connectivity index (χ2n) is 8.55.